The zero-order chi connectivity index (χ0) is 29.0. The van der Waals surface area contributed by atoms with E-state index in [1.165, 1.54) is 44.1 Å². The molecule has 220 valence electrons. The molecule has 0 amide bonds. The van der Waals surface area contributed by atoms with E-state index in [9.17, 15) is 0 Å². The van der Waals surface area contributed by atoms with Crippen LogP contribution in [-0.2, 0) is 6.42 Å². The van der Waals surface area contributed by atoms with E-state index in [1.54, 1.807) is 0 Å². The fourth-order valence-electron chi connectivity index (χ4n) is 6.10. The summed E-state index contributed by atoms with van der Waals surface area (Å²) in [7, 11) is 6.64. The van der Waals surface area contributed by atoms with Gasteiger partial charge in [-0.2, -0.15) is 0 Å². The van der Waals surface area contributed by atoms with Gasteiger partial charge in [0.2, 0.25) is 0 Å². The Labute approximate surface area is 242 Å². The van der Waals surface area contributed by atoms with E-state index in [2.05, 4.69) is 119 Å². The fraction of sp³-hybridized carbons (Fsp3) is 0.657. The molecular formula is C35H60N4. The van der Waals surface area contributed by atoms with Gasteiger partial charge in [-0.3, -0.25) is 4.90 Å². The molecule has 0 aliphatic heterocycles. The van der Waals surface area contributed by atoms with Crippen molar-refractivity contribution < 1.29 is 0 Å². The third-order valence-corrected chi connectivity index (χ3v) is 9.01. The van der Waals surface area contributed by atoms with Crippen LogP contribution in [0.4, 0.5) is 0 Å². The molecular weight excluding hydrogens is 476 g/mol. The first-order chi connectivity index (χ1) is 18.4. The van der Waals surface area contributed by atoms with Gasteiger partial charge in [-0.05, 0) is 65.0 Å². The summed E-state index contributed by atoms with van der Waals surface area (Å²) in [4.78, 5) is 7.20. The first-order valence-electron chi connectivity index (χ1n) is 15.4. The van der Waals surface area contributed by atoms with Gasteiger partial charge in [0.25, 0.3) is 0 Å². The van der Waals surface area contributed by atoms with Crippen LogP contribution in [-0.4, -0.2) is 66.6 Å². The predicted molar refractivity (Wildman–Crippen MR) is 172 cm³/mol. The second-order valence-electron chi connectivity index (χ2n) is 12.9. The van der Waals surface area contributed by atoms with Gasteiger partial charge in [0.15, 0.2) is 0 Å². The van der Waals surface area contributed by atoms with E-state index < -0.39 is 0 Å². The highest BCUT2D eigenvalue weighted by molar-refractivity contribution is 5.17. The fourth-order valence-corrected chi connectivity index (χ4v) is 6.10. The SMILES string of the molecule is C=C(CCc1ccccc1)NC(CCC)C(=C)N(C)CC(=C)N(C)CC(C)(C)N(C)C(C)CC1CCCCC1. The third-order valence-electron chi connectivity index (χ3n) is 9.01. The van der Waals surface area contributed by atoms with Crippen LogP contribution < -0.4 is 5.32 Å². The number of benzene rings is 1. The maximum Gasteiger partial charge on any atom is 0.0652 e. The van der Waals surface area contributed by atoms with E-state index in [4.69, 9.17) is 0 Å². The van der Waals surface area contributed by atoms with Gasteiger partial charge in [-0.25, -0.2) is 0 Å². The van der Waals surface area contributed by atoms with Crippen LogP contribution >= 0.6 is 0 Å². The van der Waals surface area contributed by atoms with E-state index >= 15 is 0 Å². The Balaban J connectivity index is 1.87. The quantitative estimate of drug-likeness (QED) is 0.206. The van der Waals surface area contributed by atoms with Crippen LogP contribution in [0.25, 0.3) is 0 Å². The van der Waals surface area contributed by atoms with Gasteiger partial charge in [0.1, 0.15) is 0 Å². The monoisotopic (exact) mass is 536 g/mol. The minimum atomic E-state index is 0.0597. The van der Waals surface area contributed by atoms with Crippen LogP contribution in [0.5, 0.6) is 0 Å². The van der Waals surface area contributed by atoms with Crippen LogP contribution in [0.2, 0.25) is 0 Å². The lowest BCUT2D eigenvalue weighted by Gasteiger charge is -2.44. The van der Waals surface area contributed by atoms with Crippen LogP contribution in [0.3, 0.4) is 0 Å². The van der Waals surface area contributed by atoms with Crippen molar-refractivity contribution in [1.29, 1.82) is 0 Å². The van der Waals surface area contributed by atoms with Crippen molar-refractivity contribution in [2.75, 3.05) is 34.2 Å². The zero-order valence-corrected chi connectivity index (χ0v) is 26.6. The van der Waals surface area contributed by atoms with Crippen molar-refractivity contribution in [3.8, 4) is 0 Å². The summed E-state index contributed by atoms with van der Waals surface area (Å²) in [5, 5.41) is 3.68. The van der Waals surface area contributed by atoms with Crippen molar-refractivity contribution in [1.82, 2.24) is 20.0 Å². The smallest absolute Gasteiger partial charge is 0.0652 e. The van der Waals surface area contributed by atoms with E-state index in [1.807, 2.05) is 0 Å². The van der Waals surface area contributed by atoms with Crippen molar-refractivity contribution >= 4 is 0 Å². The van der Waals surface area contributed by atoms with Gasteiger partial charge in [0, 0.05) is 49.3 Å². The second-order valence-corrected chi connectivity index (χ2v) is 12.9. The number of nitrogens with one attached hydrogen (secondary N) is 1. The number of likely N-dealkylation sites (N-methyl/N-ethyl adjacent to an activating group) is 3. The van der Waals surface area contributed by atoms with Crippen LogP contribution in [0.1, 0.15) is 91.0 Å². The molecule has 0 heterocycles. The number of nitrogens with zero attached hydrogens (tertiary/aromatic N) is 3. The minimum absolute atomic E-state index is 0.0597. The zero-order valence-electron chi connectivity index (χ0n) is 26.6. The van der Waals surface area contributed by atoms with Gasteiger partial charge in [0.05, 0.1) is 12.6 Å². The minimum Gasteiger partial charge on any atom is -0.381 e. The molecule has 1 aliphatic rings. The van der Waals surface area contributed by atoms with Gasteiger partial charge in [-0.15, -0.1) is 0 Å². The molecule has 1 aromatic carbocycles. The molecule has 1 aliphatic carbocycles. The molecule has 1 aromatic rings. The normalized spacial score (nSPS) is 16.0. The highest BCUT2D eigenvalue weighted by atomic mass is 15.3. The number of aryl methyl sites for hydroxylation is 1. The average Bonchev–Trinajstić information content (AvgIpc) is 2.91. The molecule has 0 aromatic heterocycles. The van der Waals surface area contributed by atoms with Crippen LogP contribution in [0.15, 0.2) is 67.2 Å². The lowest BCUT2D eigenvalue weighted by molar-refractivity contribution is 0.0680. The van der Waals surface area contributed by atoms with Crippen LogP contribution in [0, 0.1) is 5.92 Å². The number of allylic oxidation sites excluding steroid dienone is 1. The molecule has 1 N–H and O–H groups in total. The summed E-state index contributed by atoms with van der Waals surface area (Å²) < 4.78 is 0. The lowest BCUT2D eigenvalue weighted by Crippen LogP contribution is -2.53. The summed E-state index contributed by atoms with van der Waals surface area (Å²) >= 11 is 0. The molecule has 2 unspecified atom stereocenters. The molecule has 0 spiro atoms. The Hall–Kier alpha value is -2.20. The van der Waals surface area contributed by atoms with Crippen molar-refractivity contribution in [2.45, 2.75) is 110 Å². The molecule has 4 nitrogen and oxygen atoms in total. The summed E-state index contributed by atoms with van der Waals surface area (Å²) in [6.07, 6.45) is 12.5. The molecule has 0 saturated heterocycles. The molecule has 1 fully saturated rings. The second kappa shape index (κ2) is 16.2. The average molecular weight is 537 g/mol. The molecule has 1 saturated carbocycles. The van der Waals surface area contributed by atoms with Gasteiger partial charge >= 0.3 is 0 Å². The summed E-state index contributed by atoms with van der Waals surface area (Å²) in [6.45, 7) is 24.4. The number of hydrogen-bond donors (Lipinski definition) is 1. The Morgan fingerprint density at radius 1 is 1.00 bits per heavy atom. The van der Waals surface area contributed by atoms with Crippen molar-refractivity contribution in [2.24, 2.45) is 5.92 Å². The highest BCUT2D eigenvalue weighted by Crippen LogP contribution is 2.30. The summed E-state index contributed by atoms with van der Waals surface area (Å²) in [6, 6.07) is 11.4. The number of rotatable bonds is 18. The van der Waals surface area contributed by atoms with Gasteiger partial charge < -0.3 is 15.1 Å². The standard InChI is InChI=1S/C35H60N4/c1-11-18-34(36-28(2)23-24-32-19-14-12-15-20-32)31(5)37(8)26-30(4)38(9)27-35(6,7)39(10)29(3)25-33-21-16-13-17-22-33/h12,14-15,19-20,29,33-34,36H,2,4-5,11,13,16-18,21-27H2,1,3,6-10H3. The Bertz CT molecular complexity index is 883. The number of hydrogen-bond acceptors (Lipinski definition) is 4. The largest absolute Gasteiger partial charge is 0.381 e. The lowest BCUT2D eigenvalue weighted by atomic mass is 9.84. The Morgan fingerprint density at radius 3 is 2.26 bits per heavy atom. The highest BCUT2D eigenvalue weighted by Gasteiger charge is 2.31. The Morgan fingerprint density at radius 2 is 1.64 bits per heavy atom. The molecule has 2 atom stereocenters. The Kier molecular flexibility index (Phi) is 13.7. The van der Waals surface area contributed by atoms with E-state index in [-0.39, 0.29) is 11.6 Å². The maximum absolute atomic E-state index is 4.49. The van der Waals surface area contributed by atoms with E-state index in [0.29, 0.717) is 6.04 Å². The summed E-state index contributed by atoms with van der Waals surface area (Å²) in [5.41, 5.74) is 4.71. The first-order valence-corrected chi connectivity index (χ1v) is 15.4. The van der Waals surface area contributed by atoms with Gasteiger partial charge in [-0.1, -0.05) is 95.5 Å². The maximum atomic E-state index is 4.49. The molecule has 2 rings (SSSR count). The molecule has 39 heavy (non-hydrogen) atoms. The van der Waals surface area contributed by atoms with E-state index in [0.717, 1.165) is 61.8 Å². The first kappa shape index (κ1) is 33.0. The summed E-state index contributed by atoms with van der Waals surface area (Å²) in [5.74, 6) is 0.901. The van der Waals surface area contributed by atoms with Crippen molar-refractivity contribution in [3.05, 3.63) is 72.7 Å². The predicted octanol–water partition coefficient (Wildman–Crippen LogP) is 7.85. The topological polar surface area (TPSA) is 21.8 Å². The molecule has 0 bridgehead atoms. The third kappa shape index (κ3) is 11.1. The van der Waals surface area contributed by atoms with Crippen molar-refractivity contribution in [3.63, 3.8) is 0 Å². The molecule has 4 heteroatoms. The molecule has 0 radical (unpaired) electrons.